The summed E-state index contributed by atoms with van der Waals surface area (Å²) in [4.78, 5) is 71.5. The van der Waals surface area contributed by atoms with E-state index in [1.807, 2.05) is 24.8 Å². The number of amides is 4. The zero-order valence-corrected chi connectivity index (χ0v) is 44.9. The molecule has 3 saturated heterocycles. The SMILES string of the molecule is CCN(CC1CCOCCN1)C(=O)c1ncc(Br)cc1F.CCN(CC1CCOCCN1C(=O)OC(C)(C)C)C(=O)c1ncc(Br)cc1F.CCN1CC2CCOCCN2c2cc(Br)cnc2C1=O. The highest BCUT2D eigenvalue weighted by atomic mass is 79.9. The van der Waals surface area contributed by atoms with E-state index in [4.69, 9.17) is 18.9 Å². The van der Waals surface area contributed by atoms with Gasteiger partial charge in [0, 0.05) is 123 Å². The van der Waals surface area contributed by atoms with Gasteiger partial charge in [-0.1, -0.05) is 0 Å². The molecule has 3 unspecified atom stereocenters. The van der Waals surface area contributed by atoms with Crippen molar-refractivity contribution in [3.63, 3.8) is 0 Å². The molecular formula is C47H64Br3F2N9O8. The summed E-state index contributed by atoms with van der Waals surface area (Å²) in [6.45, 7) is 19.8. The van der Waals surface area contributed by atoms with Crippen LogP contribution >= 0.6 is 47.8 Å². The third-order valence-electron chi connectivity index (χ3n) is 11.6. The zero-order chi connectivity index (χ0) is 50.3. The zero-order valence-electron chi connectivity index (χ0n) is 40.2. The van der Waals surface area contributed by atoms with Crippen LogP contribution in [0, 0.1) is 11.6 Å². The van der Waals surface area contributed by atoms with E-state index in [0.29, 0.717) is 92.9 Å². The summed E-state index contributed by atoms with van der Waals surface area (Å²) in [6, 6.07) is 4.64. The molecule has 3 aromatic heterocycles. The molecule has 1 N–H and O–H groups in total. The Morgan fingerprint density at radius 1 is 0.768 bits per heavy atom. The van der Waals surface area contributed by atoms with Crippen molar-refractivity contribution in [2.45, 2.75) is 84.5 Å². The quantitative estimate of drug-likeness (QED) is 0.228. The summed E-state index contributed by atoms with van der Waals surface area (Å²) in [5.41, 5.74) is 0.485. The topological polar surface area (TPSA) is 172 Å². The molecule has 4 aliphatic rings. The Morgan fingerprint density at radius 2 is 1.32 bits per heavy atom. The number of carbonyl (C=O) groups excluding carboxylic acids is 4. The number of nitrogens with zero attached hydrogens (tertiary/aromatic N) is 8. The average molecular weight is 1160 g/mol. The van der Waals surface area contributed by atoms with Crippen molar-refractivity contribution < 1.29 is 46.9 Å². The Kier molecular flexibility index (Phi) is 21.9. The summed E-state index contributed by atoms with van der Waals surface area (Å²) in [7, 11) is 0. The lowest BCUT2D eigenvalue weighted by atomic mass is 10.1. The Bertz CT molecular complexity index is 2200. The molecule has 7 heterocycles. The van der Waals surface area contributed by atoms with Gasteiger partial charge in [0.25, 0.3) is 17.7 Å². The molecule has 4 aliphatic heterocycles. The van der Waals surface area contributed by atoms with Crippen LogP contribution in [-0.2, 0) is 18.9 Å². The number of nitrogens with one attached hydrogen (secondary N) is 1. The monoisotopic (exact) mass is 1160 g/mol. The van der Waals surface area contributed by atoms with Crippen LogP contribution in [0.5, 0.6) is 0 Å². The average Bonchev–Trinajstić information content (AvgIpc) is 3.84. The Morgan fingerprint density at radius 3 is 1.91 bits per heavy atom. The van der Waals surface area contributed by atoms with Gasteiger partial charge in [-0.25, -0.2) is 28.5 Å². The maximum Gasteiger partial charge on any atom is 0.410 e. The van der Waals surface area contributed by atoms with E-state index >= 15 is 0 Å². The van der Waals surface area contributed by atoms with Gasteiger partial charge in [0.1, 0.15) is 5.60 Å². The van der Waals surface area contributed by atoms with Crippen molar-refractivity contribution in [1.29, 1.82) is 0 Å². The molecule has 7 rings (SSSR count). The molecule has 0 bridgehead atoms. The summed E-state index contributed by atoms with van der Waals surface area (Å²) in [6.07, 6.45) is 6.40. The maximum absolute atomic E-state index is 14.2. The summed E-state index contributed by atoms with van der Waals surface area (Å²) >= 11 is 9.73. The second-order valence-corrected chi connectivity index (χ2v) is 20.3. The van der Waals surface area contributed by atoms with Crippen molar-refractivity contribution in [3.05, 3.63) is 78.9 Å². The van der Waals surface area contributed by atoms with Gasteiger partial charge in [-0.3, -0.25) is 14.4 Å². The minimum Gasteiger partial charge on any atom is -0.444 e. The Balaban J connectivity index is 0.000000196. The lowest BCUT2D eigenvalue weighted by molar-refractivity contribution is 0.0124. The number of hydrogen-bond acceptors (Lipinski definition) is 13. The van der Waals surface area contributed by atoms with Gasteiger partial charge in [0.15, 0.2) is 28.7 Å². The van der Waals surface area contributed by atoms with E-state index in [1.165, 1.54) is 29.4 Å². The molecule has 69 heavy (non-hydrogen) atoms. The van der Waals surface area contributed by atoms with Gasteiger partial charge in [-0.15, -0.1) is 0 Å². The van der Waals surface area contributed by atoms with E-state index in [1.54, 1.807) is 43.7 Å². The Hall–Kier alpha value is -3.93. The lowest BCUT2D eigenvalue weighted by Crippen LogP contribution is -2.50. The molecule has 3 aromatic rings. The Labute approximate surface area is 428 Å². The van der Waals surface area contributed by atoms with Crippen molar-refractivity contribution in [2.24, 2.45) is 0 Å². The number of carbonyl (C=O) groups is 4. The highest BCUT2D eigenvalue weighted by Crippen LogP contribution is 2.31. The standard InChI is InChI=1S/C19H27BrFN3O4.C14H19BrFN3O2.C14H18BrN3O2/c1-5-23(17(25)16-15(21)10-13(20)11-22-16)12-14-6-8-27-9-7-24(14)18(26)28-19(2,3)4;1-2-19(9-11-3-5-21-6-4-17-11)14(20)13-12(16)7-10(15)8-18-13;1-2-17-9-11-3-5-20-6-4-18(11)12-7-10(15)8-16-13(12)14(17)19/h10-11,14H,5-9,12H2,1-4H3;7-8,11,17H,2-6,9H2,1H3;7-8,11H,2-6,9H2,1H3. The molecule has 0 radical (unpaired) electrons. The first-order valence-electron chi connectivity index (χ1n) is 23.3. The van der Waals surface area contributed by atoms with E-state index in [9.17, 15) is 28.0 Å². The predicted octanol–water partition coefficient (Wildman–Crippen LogP) is 7.21. The molecule has 4 amide bonds. The van der Waals surface area contributed by atoms with Crippen LogP contribution in [0.4, 0.5) is 19.3 Å². The van der Waals surface area contributed by atoms with E-state index in [-0.39, 0.29) is 41.8 Å². The molecule has 0 aromatic carbocycles. The minimum absolute atomic E-state index is 0.0315. The second kappa shape index (κ2) is 27.0. The second-order valence-electron chi connectivity index (χ2n) is 17.5. The van der Waals surface area contributed by atoms with E-state index < -0.39 is 29.2 Å². The van der Waals surface area contributed by atoms with E-state index in [2.05, 4.69) is 73.0 Å². The molecule has 0 saturated carbocycles. The van der Waals surface area contributed by atoms with Crippen molar-refractivity contribution in [3.8, 4) is 0 Å². The molecule has 0 aliphatic carbocycles. The third-order valence-corrected chi connectivity index (χ3v) is 12.9. The van der Waals surface area contributed by atoms with Crippen molar-refractivity contribution in [2.75, 3.05) is 103 Å². The van der Waals surface area contributed by atoms with E-state index in [0.717, 1.165) is 49.2 Å². The summed E-state index contributed by atoms with van der Waals surface area (Å²) in [5, 5.41) is 3.34. The van der Waals surface area contributed by atoms with Crippen molar-refractivity contribution in [1.82, 2.24) is 39.9 Å². The van der Waals surface area contributed by atoms with Crippen LogP contribution in [0.3, 0.4) is 0 Å². The number of fused-ring (bicyclic) bond motifs is 3. The number of likely N-dealkylation sites (N-methyl/N-ethyl adjacent to an activating group) is 3. The number of hydrogen-bond donors (Lipinski definition) is 1. The number of pyridine rings is 3. The van der Waals surface area contributed by atoms with Gasteiger partial charge in [0.05, 0.1) is 31.5 Å². The smallest absolute Gasteiger partial charge is 0.410 e. The van der Waals surface area contributed by atoms with Crippen LogP contribution in [0.25, 0.3) is 0 Å². The predicted molar refractivity (Wildman–Crippen MR) is 266 cm³/mol. The van der Waals surface area contributed by atoms with Crippen LogP contribution in [0.1, 0.15) is 92.3 Å². The highest BCUT2D eigenvalue weighted by molar-refractivity contribution is 9.11. The van der Waals surface area contributed by atoms with Crippen LogP contribution in [0.2, 0.25) is 0 Å². The fourth-order valence-electron chi connectivity index (χ4n) is 8.07. The lowest BCUT2D eigenvalue weighted by Gasteiger charge is -2.34. The highest BCUT2D eigenvalue weighted by Gasteiger charge is 2.35. The van der Waals surface area contributed by atoms with Gasteiger partial charge in [0.2, 0.25) is 0 Å². The summed E-state index contributed by atoms with van der Waals surface area (Å²) < 4.78 is 51.9. The number of halogens is 5. The number of anilines is 1. The number of ether oxygens (including phenoxy) is 4. The summed E-state index contributed by atoms with van der Waals surface area (Å²) in [5.74, 6) is -2.16. The first kappa shape index (κ1) is 56.0. The fraction of sp³-hybridized carbons (Fsp3) is 0.596. The largest absolute Gasteiger partial charge is 0.444 e. The van der Waals surface area contributed by atoms with Crippen LogP contribution in [-0.4, -0.2) is 181 Å². The van der Waals surface area contributed by atoms with Crippen molar-refractivity contribution >= 4 is 77.3 Å². The minimum atomic E-state index is -0.689. The normalized spacial score (nSPS) is 19.7. The molecule has 3 fully saturated rings. The maximum atomic E-state index is 14.2. The molecule has 3 atom stereocenters. The van der Waals surface area contributed by atoms with Gasteiger partial charge < -0.3 is 48.8 Å². The molecular weight excluding hydrogens is 1100 g/mol. The number of rotatable bonds is 9. The fourth-order valence-corrected chi connectivity index (χ4v) is 9.00. The van der Waals surface area contributed by atoms with Crippen LogP contribution in [0.15, 0.2) is 50.2 Å². The third kappa shape index (κ3) is 16.3. The molecule has 17 nitrogen and oxygen atoms in total. The first-order valence-corrected chi connectivity index (χ1v) is 25.7. The number of aromatic nitrogens is 3. The first-order chi connectivity index (χ1) is 32.9. The molecule has 22 heteroatoms. The molecule has 0 spiro atoms. The van der Waals surface area contributed by atoms with Gasteiger partial charge in [-0.05, 0) is 127 Å². The van der Waals surface area contributed by atoms with Gasteiger partial charge in [-0.2, -0.15) is 0 Å². The van der Waals surface area contributed by atoms with Gasteiger partial charge >= 0.3 is 6.09 Å². The molecule has 380 valence electrons. The van der Waals surface area contributed by atoms with Crippen LogP contribution < -0.4 is 10.2 Å².